The molecule has 19 heavy (non-hydrogen) atoms. The molecule has 0 aliphatic heterocycles. The molecule has 0 saturated carbocycles. The summed E-state index contributed by atoms with van der Waals surface area (Å²) in [5.41, 5.74) is 0.122. The van der Waals surface area contributed by atoms with Gasteiger partial charge in [0.05, 0.1) is 12.7 Å². The summed E-state index contributed by atoms with van der Waals surface area (Å²) in [6.07, 6.45) is 0. The topological polar surface area (TPSA) is 59.4 Å². The number of carboxylic acid groups (broad SMARTS) is 1. The molecule has 2 rings (SSSR count). The number of pyridine rings is 1. The van der Waals surface area contributed by atoms with Gasteiger partial charge in [0.2, 0.25) is 0 Å². The van der Waals surface area contributed by atoms with Gasteiger partial charge in [0, 0.05) is 4.90 Å². The van der Waals surface area contributed by atoms with Gasteiger partial charge in [0.15, 0.2) is 0 Å². The zero-order chi connectivity index (χ0) is 13.8. The first-order valence-corrected chi connectivity index (χ1v) is 6.51. The molecule has 1 N–H and O–H groups in total. The van der Waals surface area contributed by atoms with Gasteiger partial charge in [-0.05, 0) is 30.3 Å². The Morgan fingerprint density at radius 2 is 2.16 bits per heavy atom. The van der Waals surface area contributed by atoms with Crippen molar-refractivity contribution in [2.75, 3.05) is 7.11 Å². The number of ether oxygens (including phenoxy) is 1. The second-order valence-electron chi connectivity index (χ2n) is 3.57. The fourth-order valence-electron chi connectivity index (χ4n) is 1.43. The number of hydrogen-bond donors (Lipinski definition) is 1. The lowest BCUT2D eigenvalue weighted by Gasteiger charge is -2.06. The van der Waals surface area contributed by atoms with E-state index in [1.54, 1.807) is 13.2 Å². The van der Waals surface area contributed by atoms with Gasteiger partial charge < -0.3 is 9.84 Å². The first-order valence-electron chi connectivity index (χ1n) is 5.32. The minimum atomic E-state index is -1.03. The highest BCUT2D eigenvalue weighted by molar-refractivity contribution is 7.99. The van der Waals surface area contributed by atoms with Gasteiger partial charge in [0.1, 0.15) is 15.9 Å². The van der Waals surface area contributed by atoms with Crippen LogP contribution >= 0.6 is 23.4 Å². The predicted octanol–water partition coefficient (Wildman–Crippen LogP) is 3.59. The van der Waals surface area contributed by atoms with E-state index in [0.29, 0.717) is 10.8 Å². The molecule has 0 aliphatic rings. The Kier molecular flexibility index (Phi) is 4.29. The van der Waals surface area contributed by atoms with E-state index >= 15 is 0 Å². The molecule has 2 aromatic rings. The molecule has 0 spiro atoms. The maximum Gasteiger partial charge on any atom is 0.338 e. The van der Waals surface area contributed by atoms with E-state index in [4.69, 9.17) is 21.4 Å². The molecule has 1 heterocycles. The third-order valence-corrected chi connectivity index (χ3v) is 3.52. The Hall–Kier alpha value is -1.72. The van der Waals surface area contributed by atoms with Crippen molar-refractivity contribution in [2.24, 2.45) is 0 Å². The summed E-state index contributed by atoms with van der Waals surface area (Å²) in [6.45, 7) is 0. The van der Waals surface area contributed by atoms with Gasteiger partial charge in [-0.3, -0.25) is 0 Å². The number of aromatic nitrogens is 1. The number of carboxylic acids is 1. The highest BCUT2D eigenvalue weighted by Gasteiger charge is 2.13. The fraction of sp³-hybridized carbons (Fsp3) is 0.0769. The SMILES string of the molecule is COc1cccc(Sc2nc(Cl)ccc2C(=O)O)c1. The Labute approximate surface area is 119 Å². The van der Waals surface area contributed by atoms with Gasteiger partial charge in [-0.2, -0.15) is 0 Å². The second-order valence-corrected chi connectivity index (χ2v) is 5.02. The third kappa shape index (κ3) is 3.39. The largest absolute Gasteiger partial charge is 0.497 e. The molecule has 1 aromatic carbocycles. The number of halogens is 1. The fourth-order valence-corrected chi connectivity index (χ4v) is 2.59. The van der Waals surface area contributed by atoms with Crippen molar-refractivity contribution in [1.82, 2.24) is 4.98 Å². The molecule has 0 atom stereocenters. The van der Waals surface area contributed by atoms with E-state index in [1.807, 2.05) is 18.2 Å². The van der Waals surface area contributed by atoms with Gasteiger partial charge in [0.25, 0.3) is 0 Å². The van der Waals surface area contributed by atoms with Crippen LogP contribution in [0, 0.1) is 0 Å². The molecule has 6 heteroatoms. The lowest BCUT2D eigenvalue weighted by molar-refractivity contribution is 0.0692. The molecule has 0 bridgehead atoms. The highest BCUT2D eigenvalue weighted by Crippen LogP contribution is 2.31. The quantitative estimate of drug-likeness (QED) is 0.873. The van der Waals surface area contributed by atoms with E-state index < -0.39 is 5.97 Å². The molecule has 0 unspecified atom stereocenters. The summed E-state index contributed by atoms with van der Waals surface area (Å²) in [7, 11) is 1.57. The molecule has 0 radical (unpaired) electrons. The standard InChI is InChI=1S/C13H10ClNO3S/c1-18-8-3-2-4-9(7-8)19-12-10(13(16)17)5-6-11(14)15-12/h2-7H,1H3,(H,16,17). The summed E-state index contributed by atoms with van der Waals surface area (Å²) >= 11 is 7.03. The minimum Gasteiger partial charge on any atom is -0.497 e. The summed E-state index contributed by atoms with van der Waals surface area (Å²) < 4.78 is 5.12. The van der Waals surface area contributed by atoms with E-state index in [-0.39, 0.29) is 10.7 Å². The van der Waals surface area contributed by atoms with E-state index in [0.717, 1.165) is 4.90 Å². The summed E-state index contributed by atoms with van der Waals surface area (Å²) in [5, 5.41) is 9.73. The Bertz CT molecular complexity index is 619. The molecule has 0 saturated heterocycles. The van der Waals surface area contributed by atoms with Gasteiger partial charge in [-0.1, -0.05) is 29.4 Å². The lowest BCUT2D eigenvalue weighted by atomic mass is 10.3. The number of carbonyl (C=O) groups is 1. The molecular formula is C13H10ClNO3S. The zero-order valence-corrected chi connectivity index (χ0v) is 11.5. The highest BCUT2D eigenvalue weighted by atomic mass is 35.5. The Morgan fingerprint density at radius 3 is 2.84 bits per heavy atom. The van der Waals surface area contributed by atoms with Crippen molar-refractivity contribution in [1.29, 1.82) is 0 Å². The van der Waals surface area contributed by atoms with E-state index in [9.17, 15) is 4.79 Å². The first kappa shape index (κ1) is 13.7. The van der Waals surface area contributed by atoms with Crippen LogP contribution in [-0.2, 0) is 0 Å². The van der Waals surface area contributed by atoms with Crippen LogP contribution < -0.4 is 4.74 Å². The van der Waals surface area contributed by atoms with E-state index in [1.165, 1.54) is 23.9 Å². The van der Waals surface area contributed by atoms with Gasteiger partial charge >= 0.3 is 5.97 Å². The Morgan fingerprint density at radius 1 is 1.37 bits per heavy atom. The maximum absolute atomic E-state index is 11.1. The Balaban J connectivity index is 2.36. The van der Waals surface area contributed by atoms with E-state index in [2.05, 4.69) is 4.98 Å². The monoisotopic (exact) mass is 295 g/mol. The number of rotatable bonds is 4. The van der Waals surface area contributed by atoms with Crippen LogP contribution in [0.25, 0.3) is 0 Å². The molecule has 4 nitrogen and oxygen atoms in total. The van der Waals surface area contributed by atoms with Gasteiger partial charge in [-0.25, -0.2) is 9.78 Å². The van der Waals surface area contributed by atoms with Gasteiger partial charge in [-0.15, -0.1) is 0 Å². The van der Waals surface area contributed by atoms with Crippen LogP contribution in [0.4, 0.5) is 0 Å². The first-order chi connectivity index (χ1) is 9.10. The van der Waals surface area contributed by atoms with Crippen molar-refractivity contribution in [3.63, 3.8) is 0 Å². The summed E-state index contributed by atoms with van der Waals surface area (Å²) in [5.74, 6) is -0.335. The average molecular weight is 296 g/mol. The molecule has 98 valence electrons. The van der Waals surface area contributed by atoms with Crippen LogP contribution in [0.2, 0.25) is 5.15 Å². The number of nitrogens with zero attached hydrogens (tertiary/aromatic N) is 1. The minimum absolute atomic E-state index is 0.122. The van der Waals surface area contributed by atoms with Crippen molar-refractivity contribution < 1.29 is 14.6 Å². The molecule has 0 aliphatic carbocycles. The summed E-state index contributed by atoms with van der Waals surface area (Å²) in [6, 6.07) is 10.2. The van der Waals surface area contributed by atoms with Crippen LogP contribution in [-0.4, -0.2) is 23.2 Å². The van der Waals surface area contributed by atoms with Crippen molar-refractivity contribution in [3.8, 4) is 5.75 Å². The lowest BCUT2D eigenvalue weighted by Crippen LogP contribution is -2.00. The maximum atomic E-state index is 11.1. The molecule has 0 amide bonds. The normalized spacial score (nSPS) is 10.2. The zero-order valence-electron chi connectivity index (χ0n) is 9.96. The van der Waals surface area contributed by atoms with Crippen LogP contribution in [0.15, 0.2) is 46.3 Å². The molecular weight excluding hydrogens is 286 g/mol. The van der Waals surface area contributed by atoms with Crippen LogP contribution in [0.5, 0.6) is 5.75 Å². The van der Waals surface area contributed by atoms with Crippen molar-refractivity contribution in [3.05, 3.63) is 47.1 Å². The number of methoxy groups -OCH3 is 1. The predicted molar refractivity (Wildman–Crippen MR) is 73.3 cm³/mol. The smallest absolute Gasteiger partial charge is 0.338 e. The molecule has 0 fully saturated rings. The number of aromatic carboxylic acids is 1. The average Bonchev–Trinajstić information content (AvgIpc) is 2.38. The summed E-state index contributed by atoms with van der Waals surface area (Å²) in [4.78, 5) is 16.0. The molecule has 1 aromatic heterocycles. The third-order valence-electron chi connectivity index (χ3n) is 2.31. The number of hydrogen-bond acceptors (Lipinski definition) is 4. The number of benzene rings is 1. The van der Waals surface area contributed by atoms with Crippen LogP contribution in [0.1, 0.15) is 10.4 Å². The van der Waals surface area contributed by atoms with Crippen LogP contribution in [0.3, 0.4) is 0 Å². The second kappa shape index (κ2) is 5.95. The van der Waals surface area contributed by atoms with Crippen molar-refractivity contribution >= 4 is 29.3 Å². The van der Waals surface area contributed by atoms with Crippen molar-refractivity contribution in [2.45, 2.75) is 9.92 Å².